The van der Waals surface area contributed by atoms with E-state index < -0.39 is 0 Å². The molecule has 2 rings (SSSR count). The smallest absolute Gasteiger partial charge is 0.0205 e. The third-order valence-electron chi connectivity index (χ3n) is 3.13. The Hall–Kier alpha value is -0.380. The van der Waals surface area contributed by atoms with Crippen LogP contribution in [-0.4, -0.2) is 19.6 Å². The Morgan fingerprint density at radius 1 is 1.31 bits per heavy atom. The summed E-state index contributed by atoms with van der Waals surface area (Å²) in [5.74, 6) is 0.886. The number of hydrogen-bond donors (Lipinski definition) is 2. The molecule has 1 aromatic rings. The number of nitrogens with one attached hydrogen (secondary N) is 2. The Bertz CT molecular complexity index is 304. The fourth-order valence-corrected chi connectivity index (χ4v) is 2.37. The highest BCUT2D eigenvalue weighted by Crippen LogP contribution is 2.12. The zero-order chi connectivity index (χ0) is 11.2. The van der Waals surface area contributed by atoms with Gasteiger partial charge in [-0.25, -0.2) is 0 Å². The van der Waals surface area contributed by atoms with E-state index in [0.717, 1.165) is 23.5 Å². The standard InChI is InChI=1S/C13H19BrN2/c14-13-3-1-11(2-4-13)9-15-7-5-12-6-8-16-10-12/h1-4,12,15-16H,5-10H2. The first kappa shape index (κ1) is 12.1. The summed E-state index contributed by atoms with van der Waals surface area (Å²) < 4.78 is 1.15. The Kier molecular flexibility index (Phi) is 4.82. The van der Waals surface area contributed by atoms with Crippen molar-refractivity contribution < 1.29 is 0 Å². The molecule has 0 saturated carbocycles. The van der Waals surface area contributed by atoms with Gasteiger partial charge in [-0.3, -0.25) is 0 Å². The molecule has 2 nitrogen and oxygen atoms in total. The van der Waals surface area contributed by atoms with Crippen LogP contribution in [-0.2, 0) is 6.54 Å². The van der Waals surface area contributed by atoms with Gasteiger partial charge in [-0.1, -0.05) is 28.1 Å². The van der Waals surface area contributed by atoms with E-state index in [-0.39, 0.29) is 0 Å². The molecule has 0 aliphatic carbocycles. The molecule has 0 aromatic heterocycles. The Morgan fingerprint density at radius 3 is 2.81 bits per heavy atom. The molecule has 1 heterocycles. The minimum atomic E-state index is 0.886. The molecule has 0 radical (unpaired) electrons. The molecule has 3 heteroatoms. The largest absolute Gasteiger partial charge is 0.316 e. The third kappa shape index (κ3) is 3.89. The van der Waals surface area contributed by atoms with Crippen LogP contribution in [0.1, 0.15) is 18.4 Å². The maximum atomic E-state index is 3.50. The first-order chi connectivity index (χ1) is 7.84. The minimum Gasteiger partial charge on any atom is -0.316 e. The van der Waals surface area contributed by atoms with Gasteiger partial charge in [0.1, 0.15) is 0 Å². The highest BCUT2D eigenvalue weighted by atomic mass is 79.9. The summed E-state index contributed by atoms with van der Waals surface area (Å²) in [7, 11) is 0. The summed E-state index contributed by atoms with van der Waals surface area (Å²) in [6.07, 6.45) is 2.64. The monoisotopic (exact) mass is 282 g/mol. The Morgan fingerprint density at radius 2 is 2.12 bits per heavy atom. The molecule has 1 aromatic carbocycles. The summed E-state index contributed by atoms with van der Waals surface area (Å²) in [5.41, 5.74) is 1.35. The summed E-state index contributed by atoms with van der Waals surface area (Å²) in [6, 6.07) is 8.51. The van der Waals surface area contributed by atoms with E-state index in [1.54, 1.807) is 0 Å². The van der Waals surface area contributed by atoms with Gasteiger partial charge in [0.2, 0.25) is 0 Å². The van der Waals surface area contributed by atoms with E-state index in [0.29, 0.717) is 0 Å². The first-order valence-electron chi connectivity index (χ1n) is 6.00. The number of benzene rings is 1. The van der Waals surface area contributed by atoms with E-state index in [4.69, 9.17) is 0 Å². The molecule has 1 aliphatic rings. The van der Waals surface area contributed by atoms with Gasteiger partial charge in [0, 0.05) is 11.0 Å². The lowest BCUT2D eigenvalue weighted by atomic mass is 10.1. The van der Waals surface area contributed by atoms with Crippen molar-refractivity contribution in [2.24, 2.45) is 5.92 Å². The van der Waals surface area contributed by atoms with Gasteiger partial charge in [0.25, 0.3) is 0 Å². The van der Waals surface area contributed by atoms with Crippen molar-refractivity contribution in [3.8, 4) is 0 Å². The second kappa shape index (κ2) is 6.38. The lowest BCUT2D eigenvalue weighted by Gasteiger charge is -2.09. The highest BCUT2D eigenvalue weighted by molar-refractivity contribution is 9.10. The molecule has 0 bridgehead atoms. The van der Waals surface area contributed by atoms with Gasteiger partial charge in [0.05, 0.1) is 0 Å². The van der Waals surface area contributed by atoms with E-state index in [1.807, 2.05) is 0 Å². The first-order valence-corrected chi connectivity index (χ1v) is 6.80. The van der Waals surface area contributed by atoms with Gasteiger partial charge in [0.15, 0.2) is 0 Å². The van der Waals surface area contributed by atoms with Gasteiger partial charge in [-0.2, -0.15) is 0 Å². The van der Waals surface area contributed by atoms with Crippen molar-refractivity contribution in [3.05, 3.63) is 34.3 Å². The van der Waals surface area contributed by atoms with Crippen molar-refractivity contribution in [1.29, 1.82) is 0 Å². The van der Waals surface area contributed by atoms with Crippen LogP contribution >= 0.6 is 15.9 Å². The molecule has 2 N–H and O–H groups in total. The summed E-state index contributed by atoms with van der Waals surface area (Å²) in [4.78, 5) is 0. The number of halogens is 1. The van der Waals surface area contributed by atoms with Crippen LogP contribution in [0.2, 0.25) is 0 Å². The second-order valence-electron chi connectivity index (χ2n) is 4.45. The Balaban J connectivity index is 1.62. The van der Waals surface area contributed by atoms with Gasteiger partial charge >= 0.3 is 0 Å². The molecule has 1 aliphatic heterocycles. The predicted octanol–water partition coefficient (Wildman–Crippen LogP) is 2.54. The van der Waals surface area contributed by atoms with Gasteiger partial charge in [-0.05, 0) is 56.1 Å². The fraction of sp³-hybridized carbons (Fsp3) is 0.538. The Labute approximate surface area is 106 Å². The van der Waals surface area contributed by atoms with Crippen molar-refractivity contribution in [1.82, 2.24) is 10.6 Å². The number of hydrogen-bond acceptors (Lipinski definition) is 2. The molecule has 0 spiro atoms. The molecule has 1 atom stereocenters. The molecule has 0 amide bonds. The molecule has 16 heavy (non-hydrogen) atoms. The summed E-state index contributed by atoms with van der Waals surface area (Å²) in [6.45, 7) is 4.52. The molecular formula is C13H19BrN2. The lowest BCUT2D eigenvalue weighted by Crippen LogP contribution is -2.19. The molecular weight excluding hydrogens is 264 g/mol. The van der Waals surface area contributed by atoms with Gasteiger partial charge < -0.3 is 10.6 Å². The van der Waals surface area contributed by atoms with Crippen LogP contribution in [0.15, 0.2) is 28.7 Å². The number of rotatable bonds is 5. The zero-order valence-corrected chi connectivity index (χ0v) is 11.1. The average molecular weight is 283 g/mol. The third-order valence-corrected chi connectivity index (χ3v) is 3.66. The molecule has 1 unspecified atom stereocenters. The topological polar surface area (TPSA) is 24.1 Å². The van der Waals surface area contributed by atoms with Crippen LogP contribution in [0.5, 0.6) is 0 Å². The maximum Gasteiger partial charge on any atom is 0.0205 e. The average Bonchev–Trinajstić information content (AvgIpc) is 2.80. The van der Waals surface area contributed by atoms with Gasteiger partial charge in [-0.15, -0.1) is 0 Å². The second-order valence-corrected chi connectivity index (χ2v) is 5.37. The van der Waals surface area contributed by atoms with Crippen molar-refractivity contribution in [3.63, 3.8) is 0 Å². The van der Waals surface area contributed by atoms with Crippen molar-refractivity contribution >= 4 is 15.9 Å². The summed E-state index contributed by atoms with van der Waals surface area (Å²) in [5, 5.41) is 6.91. The van der Waals surface area contributed by atoms with E-state index in [1.165, 1.54) is 31.5 Å². The van der Waals surface area contributed by atoms with Crippen LogP contribution in [0.25, 0.3) is 0 Å². The molecule has 1 fully saturated rings. The quantitative estimate of drug-likeness (QED) is 0.811. The van der Waals surface area contributed by atoms with Crippen LogP contribution in [0, 0.1) is 5.92 Å². The maximum absolute atomic E-state index is 3.50. The summed E-state index contributed by atoms with van der Waals surface area (Å²) >= 11 is 3.44. The van der Waals surface area contributed by atoms with Crippen LogP contribution in [0.3, 0.4) is 0 Å². The lowest BCUT2D eigenvalue weighted by molar-refractivity contribution is 0.500. The minimum absolute atomic E-state index is 0.886. The normalized spacial score (nSPS) is 20.2. The van der Waals surface area contributed by atoms with Crippen molar-refractivity contribution in [2.75, 3.05) is 19.6 Å². The van der Waals surface area contributed by atoms with E-state index >= 15 is 0 Å². The predicted molar refractivity (Wildman–Crippen MR) is 71.4 cm³/mol. The van der Waals surface area contributed by atoms with Crippen molar-refractivity contribution in [2.45, 2.75) is 19.4 Å². The highest BCUT2D eigenvalue weighted by Gasteiger charge is 2.12. The zero-order valence-electron chi connectivity index (χ0n) is 9.51. The molecule has 88 valence electrons. The van der Waals surface area contributed by atoms with Crippen LogP contribution in [0.4, 0.5) is 0 Å². The van der Waals surface area contributed by atoms with E-state index in [9.17, 15) is 0 Å². The van der Waals surface area contributed by atoms with E-state index in [2.05, 4.69) is 50.8 Å². The molecule has 1 saturated heterocycles. The van der Waals surface area contributed by atoms with Crippen LogP contribution < -0.4 is 10.6 Å². The fourth-order valence-electron chi connectivity index (χ4n) is 2.10. The SMILES string of the molecule is Brc1ccc(CNCCC2CCNC2)cc1.